The van der Waals surface area contributed by atoms with Gasteiger partial charge < -0.3 is 4.48 Å². The van der Waals surface area contributed by atoms with Gasteiger partial charge in [0.15, 0.2) is 0 Å². The van der Waals surface area contributed by atoms with E-state index >= 15 is 0 Å². The van der Waals surface area contributed by atoms with Crippen LogP contribution in [0.3, 0.4) is 0 Å². The molecule has 0 saturated carbocycles. The molecule has 130 valence electrons. The molecule has 0 saturated heterocycles. The van der Waals surface area contributed by atoms with Gasteiger partial charge in [-0.3, -0.25) is 0 Å². The maximum Gasteiger partial charge on any atom is 0.0873 e. The molecule has 22 heavy (non-hydrogen) atoms. The van der Waals surface area contributed by atoms with Crippen LogP contribution in [-0.2, 0) is 0 Å². The van der Waals surface area contributed by atoms with Crippen LogP contribution in [0.1, 0.15) is 80.1 Å². The normalized spacial score (nSPS) is 13.5. The maximum absolute atomic E-state index is 2.41. The molecule has 0 aromatic carbocycles. The van der Waals surface area contributed by atoms with Crippen molar-refractivity contribution in [2.45, 2.75) is 80.1 Å². The van der Waals surface area contributed by atoms with Crippen LogP contribution in [0.25, 0.3) is 0 Å². The van der Waals surface area contributed by atoms with Crippen LogP contribution in [0.2, 0.25) is 0 Å². The van der Waals surface area contributed by atoms with Crippen LogP contribution in [0, 0.1) is 5.41 Å². The quantitative estimate of drug-likeness (QED) is 0.274. The zero-order chi connectivity index (χ0) is 16.9. The summed E-state index contributed by atoms with van der Waals surface area (Å²) in [5.74, 6) is 0. The monoisotopic (exact) mass is 308 g/mol. The Balaban J connectivity index is 5.11. The lowest BCUT2D eigenvalue weighted by atomic mass is 9.90. The third-order valence-electron chi connectivity index (χ3n) is 4.55. The predicted octanol–water partition coefficient (Wildman–Crippen LogP) is 6.36. The Kier molecular flexibility index (Phi) is 11.6. The van der Waals surface area contributed by atoms with Gasteiger partial charge in [-0.05, 0) is 26.2 Å². The molecule has 0 aliphatic rings. The fourth-order valence-electron chi connectivity index (χ4n) is 3.40. The highest BCUT2D eigenvalue weighted by atomic mass is 15.4. The van der Waals surface area contributed by atoms with Gasteiger partial charge in [-0.2, -0.15) is 0 Å². The van der Waals surface area contributed by atoms with Crippen molar-refractivity contribution in [3.05, 3.63) is 24.3 Å². The van der Waals surface area contributed by atoms with E-state index in [4.69, 9.17) is 0 Å². The van der Waals surface area contributed by atoms with E-state index in [1.165, 1.54) is 69.2 Å². The number of nitrogens with zero attached hydrogens (tertiary/aromatic N) is 1. The highest BCUT2D eigenvalue weighted by Gasteiger charge is 2.32. The molecule has 1 nitrogen and oxygen atoms in total. The van der Waals surface area contributed by atoms with Crippen molar-refractivity contribution in [3.63, 3.8) is 0 Å². The Morgan fingerprint density at radius 2 is 1.23 bits per heavy atom. The summed E-state index contributed by atoms with van der Waals surface area (Å²) < 4.78 is 1.32. The van der Waals surface area contributed by atoms with Gasteiger partial charge in [0.1, 0.15) is 0 Å². The summed E-state index contributed by atoms with van der Waals surface area (Å²) in [7, 11) is 0. The maximum atomic E-state index is 2.41. The molecule has 0 heterocycles. The minimum atomic E-state index is 0.273. The lowest BCUT2D eigenvalue weighted by Gasteiger charge is -2.43. The summed E-state index contributed by atoms with van der Waals surface area (Å²) >= 11 is 0. The second-order valence-corrected chi connectivity index (χ2v) is 7.60. The van der Waals surface area contributed by atoms with Gasteiger partial charge in [-0.15, -0.1) is 0 Å². The minimum Gasteiger partial charge on any atom is -0.323 e. The first-order chi connectivity index (χ1) is 10.4. The van der Waals surface area contributed by atoms with Crippen molar-refractivity contribution in [1.29, 1.82) is 0 Å². The summed E-state index contributed by atoms with van der Waals surface area (Å²) in [6.07, 6.45) is 16.9. The molecule has 0 radical (unpaired) electrons. The van der Waals surface area contributed by atoms with Crippen molar-refractivity contribution >= 4 is 0 Å². The van der Waals surface area contributed by atoms with E-state index in [9.17, 15) is 0 Å². The molecule has 0 atom stereocenters. The Bertz CT molecular complexity index is 290. The molecule has 0 aliphatic carbocycles. The highest BCUT2D eigenvalue weighted by Crippen LogP contribution is 2.26. The zero-order valence-corrected chi connectivity index (χ0v) is 16.3. The Hall–Kier alpha value is -0.560. The SMILES string of the molecule is C/C=C\C=C/C(C)(C)C[N+](CCCC)(CCCC)CCCC. The van der Waals surface area contributed by atoms with Crippen LogP contribution in [0.4, 0.5) is 0 Å². The Labute approximate surface area is 141 Å². The average Bonchev–Trinajstić information content (AvgIpc) is 2.48. The second kappa shape index (κ2) is 11.9. The lowest BCUT2D eigenvalue weighted by Crippen LogP contribution is -2.54. The van der Waals surface area contributed by atoms with E-state index in [0.29, 0.717) is 0 Å². The van der Waals surface area contributed by atoms with Crippen molar-refractivity contribution < 1.29 is 4.48 Å². The van der Waals surface area contributed by atoms with Gasteiger partial charge in [-0.1, -0.05) is 78.2 Å². The predicted molar refractivity (Wildman–Crippen MR) is 102 cm³/mol. The second-order valence-electron chi connectivity index (χ2n) is 7.60. The molecule has 0 aromatic rings. The average molecular weight is 309 g/mol. The zero-order valence-electron chi connectivity index (χ0n) is 16.3. The summed E-state index contributed by atoms with van der Waals surface area (Å²) in [5.41, 5.74) is 0.273. The van der Waals surface area contributed by atoms with Gasteiger partial charge in [0.05, 0.1) is 26.2 Å². The van der Waals surface area contributed by atoms with Gasteiger partial charge in [0.25, 0.3) is 0 Å². The summed E-state index contributed by atoms with van der Waals surface area (Å²) in [5, 5.41) is 0. The van der Waals surface area contributed by atoms with E-state index in [0.717, 1.165) is 0 Å². The smallest absolute Gasteiger partial charge is 0.0873 e. The fourth-order valence-corrected chi connectivity index (χ4v) is 3.40. The molecule has 0 aromatic heterocycles. The number of rotatable bonds is 13. The molecule has 1 heteroatoms. The minimum absolute atomic E-state index is 0.273. The van der Waals surface area contributed by atoms with E-state index in [1.807, 2.05) is 0 Å². The van der Waals surface area contributed by atoms with E-state index in [-0.39, 0.29) is 5.41 Å². The van der Waals surface area contributed by atoms with Gasteiger partial charge in [0.2, 0.25) is 0 Å². The van der Waals surface area contributed by atoms with Crippen molar-refractivity contribution in [1.82, 2.24) is 0 Å². The van der Waals surface area contributed by atoms with Crippen LogP contribution in [-0.4, -0.2) is 30.7 Å². The first-order valence-corrected chi connectivity index (χ1v) is 9.61. The fraction of sp³-hybridized carbons (Fsp3) is 0.810. The molecule has 0 fully saturated rings. The first kappa shape index (κ1) is 21.4. The largest absolute Gasteiger partial charge is 0.323 e. The number of hydrogen-bond donors (Lipinski definition) is 0. The van der Waals surface area contributed by atoms with Crippen LogP contribution >= 0.6 is 0 Å². The van der Waals surface area contributed by atoms with Gasteiger partial charge >= 0.3 is 0 Å². The molecular weight excluding hydrogens is 266 g/mol. The van der Waals surface area contributed by atoms with Crippen LogP contribution in [0.5, 0.6) is 0 Å². The number of hydrogen-bond acceptors (Lipinski definition) is 0. The third kappa shape index (κ3) is 9.46. The van der Waals surface area contributed by atoms with Gasteiger partial charge in [-0.25, -0.2) is 0 Å². The van der Waals surface area contributed by atoms with E-state index in [1.54, 1.807) is 0 Å². The van der Waals surface area contributed by atoms with Crippen LogP contribution in [0.15, 0.2) is 24.3 Å². The molecule has 0 rings (SSSR count). The first-order valence-electron chi connectivity index (χ1n) is 9.61. The van der Waals surface area contributed by atoms with E-state index < -0.39 is 0 Å². The van der Waals surface area contributed by atoms with E-state index in [2.05, 4.69) is 65.8 Å². The number of quaternary nitrogens is 1. The van der Waals surface area contributed by atoms with Crippen molar-refractivity contribution in [2.24, 2.45) is 5.41 Å². The molecule has 0 unspecified atom stereocenters. The molecule has 0 aliphatic heterocycles. The summed E-state index contributed by atoms with van der Waals surface area (Å²) in [6, 6.07) is 0. The van der Waals surface area contributed by atoms with Crippen molar-refractivity contribution in [3.8, 4) is 0 Å². The Morgan fingerprint density at radius 1 is 0.773 bits per heavy atom. The molecule has 0 spiro atoms. The number of allylic oxidation sites excluding steroid dienone is 3. The molecule has 0 amide bonds. The summed E-state index contributed by atoms with van der Waals surface area (Å²) in [6.45, 7) is 19.2. The molecular formula is C21H42N+. The highest BCUT2D eigenvalue weighted by molar-refractivity contribution is 5.06. The molecule has 0 N–H and O–H groups in total. The summed E-state index contributed by atoms with van der Waals surface area (Å²) in [4.78, 5) is 0. The number of unbranched alkanes of at least 4 members (excludes halogenated alkanes) is 3. The van der Waals surface area contributed by atoms with Gasteiger partial charge in [0, 0.05) is 5.41 Å². The standard InChI is InChI=1S/C21H42N/c1-7-11-15-16-21(5,6)20-22(17-12-8-2,18-13-9-3)19-14-10-4/h7,11,15-16H,8-10,12-14,17-20H2,1-6H3/q+1/b11-7-,16-15-. The molecule has 0 bridgehead atoms. The lowest BCUT2D eigenvalue weighted by molar-refractivity contribution is -0.933. The Morgan fingerprint density at radius 3 is 1.59 bits per heavy atom. The van der Waals surface area contributed by atoms with Crippen LogP contribution < -0.4 is 0 Å². The van der Waals surface area contributed by atoms with Crippen molar-refractivity contribution in [2.75, 3.05) is 26.2 Å². The third-order valence-corrected chi connectivity index (χ3v) is 4.55. The topological polar surface area (TPSA) is 0 Å².